The van der Waals surface area contributed by atoms with Crippen LogP contribution in [-0.4, -0.2) is 25.0 Å². The summed E-state index contributed by atoms with van der Waals surface area (Å²) in [6, 6.07) is 7.73. The number of carbonyl (C=O) groups excluding carboxylic acids is 2. The van der Waals surface area contributed by atoms with Gasteiger partial charge in [0, 0.05) is 6.07 Å². The van der Waals surface area contributed by atoms with E-state index in [-0.39, 0.29) is 11.8 Å². The van der Waals surface area contributed by atoms with Crippen molar-refractivity contribution in [2.75, 3.05) is 12.4 Å². The molecule has 0 radical (unpaired) electrons. The first-order valence-electron chi connectivity index (χ1n) is 6.50. The van der Waals surface area contributed by atoms with Crippen LogP contribution in [0.5, 0.6) is 5.75 Å². The number of methoxy groups -OCH3 is 1. The number of halogens is 1. The molecule has 7 heteroatoms. The molecule has 0 bridgehead atoms. The van der Waals surface area contributed by atoms with E-state index in [9.17, 15) is 9.59 Å². The van der Waals surface area contributed by atoms with Gasteiger partial charge in [-0.05, 0) is 30.5 Å². The van der Waals surface area contributed by atoms with Gasteiger partial charge in [-0.3, -0.25) is 9.59 Å². The summed E-state index contributed by atoms with van der Waals surface area (Å²) in [6.45, 7) is 1.61. The second kappa shape index (κ2) is 7.29. The highest BCUT2D eigenvalue weighted by Crippen LogP contribution is 2.26. The van der Waals surface area contributed by atoms with Crippen LogP contribution in [0.15, 0.2) is 35.7 Å². The van der Waals surface area contributed by atoms with Crippen LogP contribution < -0.4 is 15.4 Å². The Balaban J connectivity index is 1.98. The number of rotatable bonds is 5. The lowest BCUT2D eigenvalue weighted by molar-refractivity contribution is -0.117. The molecule has 1 atom stereocenters. The number of thiophene rings is 1. The number of anilines is 1. The van der Waals surface area contributed by atoms with Gasteiger partial charge < -0.3 is 15.4 Å². The maximum Gasteiger partial charge on any atom is 0.261 e. The van der Waals surface area contributed by atoms with Gasteiger partial charge in [0.1, 0.15) is 11.8 Å². The summed E-state index contributed by atoms with van der Waals surface area (Å²) < 4.78 is 5.04. The van der Waals surface area contributed by atoms with E-state index < -0.39 is 6.04 Å². The molecule has 1 aromatic heterocycles. The van der Waals surface area contributed by atoms with E-state index in [0.29, 0.717) is 21.3 Å². The molecule has 0 aliphatic heterocycles. The average Bonchev–Trinajstić information content (AvgIpc) is 3.03. The number of benzene rings is 1. The van der Waals surface area contributed by atoms with Gasteiger partial charge in [0.2, 0.25) is 5.91 Å². The Morgan fingerprint density at radius 2 is 2.09 bits per heavy atom. The van der Waals surface area contributed by atoms with Crippen molar-refractivity contribution < 1.29 is 14.3 Å². The third kappa shape index (κ3) is 3.99. The number of nitrogens with one attached hydrogen (secondary N) is 2. The molecule has 1 aromatic carbocycles. The molecule has 5 nitrogen and oxygen atoms in total. The van der Waals surface area contributed by atoms with Gasteiger partial charge in [-0.2, -0.15) is 0 Å². The van der Waals surface area contributed by atoms with E-state index in [1.54, 1.807) is 42.6 Å². The summed E-state index contributed by atoms with van der Waals surface area (Å²) in [5.74, 6) is -0.0301. The molecule has 2 N–H and O–H groups in total. The molecular formula is C15H15ClN2O3S. The van der Waals surface area contributed by atoms with Gasteiger partial charge in [-0.1, -0.05) is 17.7 Å². The number of ether oxygens (including phenoxy) is 1. The summed E-state index contributed by atoms with van der Waals surface area (Å²) in [6.07, 6.45) is 0. The predicted molar refractivity (Wildman–Crippen MR) is 87.9 cm³/mol. The SMILES string of the molecule is COc1ccc(NC(=O)C(C)NC(=O)c2cccs2)c(Cl)c1. The molecule has 22 heavy (non-hydrogen) atoms. The molecule has 0 saturated carbocycles. The van der Waals surface area contributed by atoms with Crippen molar-refractivity contribution in [2.45, 2.75) is 13.0 Å². The lowest BCUT2D eigenvalue weighted by Crippen LogP contribution is -2.41. The van der Waals surface area contributed by atoms with Gasteiger partial charge in [-0.25, -0.2) is 0 Å². The van der Waals surface area contributed by atoms with Gasteiger partial charge in [0.15, 0.2) is 0 Å². The maximum atomic E-state index is 12.1. The molecular weight excluding hydrogens is 324 g/mol. The van der Waals surface area contributed by atoms with Crippen LogP contribution in [0.4, 0.5) is 5.69 Å². The zero-order valence-corrected chi connectivity index (χ0v) is 13.6. The fourth-order valence-electron chi connectivity index (χ4n) is 1.71. The number of hydrogen-bond acceptors (Lipinski definition) is 4. The number of amides is 2. The molecule has 0 saturated heterocycles. The lowest BCUT2D eigenvalue weighted by Gasteiger charge is -2.14. The molecule has 1 unspecified atom stereocenters. The highest BCUT2D eigenvalue weighted by Gasteiger charge is 2.18. The number of hydrogen-bond donors (Lipinski definition) is 2. The standard InChI is InChI=1S/C15H15ClN2O3S/c1-9(17-15(20)13-4-3-7-22-13)14(19)18-12-6-5-10(21-2)8-11(12)16/h3-9H,1-2H3,(H,17,20)(H,18,19). The van der Waals surface area contributed by atoms with E-state index in [2.05, 4.69) is 10.6 Å². The van der Waals surface area contributed by atoms with Crippen LogP contribution in [0, 0.1) is 0 Å². The monoisotopic (exact) mass is 338 g/mol. The van der Waals surface area contributed by atoms with Crippen LogP contribution >= 0.6 is 22.9 Å². The maximum absolute atomic E-state index is 12.1. The molecule has 0 fully saturated rings. The van der Waals surface area contributed by atoms with Crippen molar-refractivity contribution in [1.82, 2.24) is 5.32 Å². The minimum Gasteiger partial charge on any atom is -0.497 e. The molecule has 0 spiro atoms. The summed E-state index contributed by atoms with van der Waals surface area (Å²) >= 11 is 7.38. The second-order valence-electron chi connectivity index (χ2n) is 4.51. The van der Waals surface area contributed by atoms with E-state index in [1.807, 2.05) is 0 Å². The van der Waals surface area contributed by atoms with Crippen molar-refractivity contribution in [3.63, 3.8) is 0 Å². The van der Waals surface area contributed by atoms with Crippen LogP contribution in [-0.2, 0) is 4.79 Å². The smallest absolute Gasteiger partial charge is 0.261 e. The Bertz CT molecular complexity index is 673. The zero-order chi connectivity index (χ0) is 16.1. The predicted octanol–water partition coefficient (Wildman–Crippen LogP) is 3.17. The minimum atomic E-state index is -0.687. The van der Waals surface area contributed by atoms with Crippen molar-refractivity contribution in [2.24, 2.45) is 0 Å². The van der Waals surface area contributed by atoms with E-state index >= 15 is 0 Å². The first-order valence-corrected chi connectivity index (χ1v) is 7.76. The molecule has 0 aliphatic rings. The normalized spacial score (nSPS) is 11.6. The quantitative estimate of drug-likeness (QED) is 0.880. The van der Waals surface area contributed by atoms with Crippen molar-refractivity contribution in [3.05, 3.63) is 45.6 Å². The Kier molecular flexibility index (Phi) is 5.41. The van der Waals surface area contributed by atoms with E-state index in [0.717, 1.165) is 0 Å². The van der Waals surface area contributed by atoms with Crippen LogP contribution in [0.1, 0.15) is 16.6 Å². The van der Waals surface area contributed by atoms with Crippen LogP contribution in [0.25, 0.3) is 0 Å². The fraction of sp³-hybridized carbons (Fsp3) is 0.200. The first kappa shape index (κ1) is 16.3. The zero-order valence-electron chi connectivity index (χ0n) is 12.1. The highest BCUT2D eigenvalue weighted by molar-refractivity contribution is 7.12. The Hall–Kier alpha value is -2.05. The van der Waals surface area contributed by atoms with Crippen LogP contribution in [0.2, 0.25) is 5.02 Å². The summed E-state index contributed by atoms with van der Waals surface area (Å²) in [5.41, 5.74) is 0.463. The molecule has 116 valence electrons. The number of carbonyl (C=O) groups is 2. The summed E-state index contributed by atoms with van der Waals surface area (Å²) in [7, 11) is 1.53. The van der Waals surface area contributed by atoms with Crippen LogP contribution in [0.3, 0.4) is 0 Å². The average molecular weight is 339 g/mol. The Morgan fingerprint density at radius 1 is 1.32 bits per heavy atom. The largest absolute Gasteiger partial charge is 0.497 e. The molecule has 2 amide bonds. The Labute approximate surface area is 137 Å². The molecule has 2 rings (SSSR count). The lowest BCUT2D eigenvalue weighted by atomic mass is 10.2. The minimum absolute atomic E-state index is 0.279. The van der Waals surface area contributed by atoms with Crippen molar-refractivity contribution in [1.29, 1.82) is 0 Å². The van der Waals surface area contributed by atoms with Gasteiger partial charge >= 0.3 is 0 Å². The van der Waals surface area contributed by atoms with Gasteiger partial charge in [0.05, 0.1) is 22.7 Å². The molecule has 2 aromatic rings. The highest BCUT2D eigenvalue weighted by atomic mass is 35.5. The third-order valence-corrected chi connectivity index (χ3v) is 4.10. The van der Waals surface area contributed by atoms with Crippen molar-refractivity contribution in [3.8, 4) is 5.75 Å². The second-order valence-corrected chi connectivity index (χ2v) is 5.86. The van der Waals surface area contributed by atoms with Crippen molar-refractivity contribution >= 4 is 40.4 Å². The Morgan fingerprint density at radius 3 is 2.68 bits per heavy atom. The molecule has 1 heterocycles. The molecule has 0 aliphatic carbocycles. The topological polar surface area (TPSA) is 67.4 Å². The van der Waals surface area contributed by atoms with Gasteiger partial charge in [0.25, 0.3) is 5.91 Å². The summed E-state index contributed by atoms with van der Waals surface area (Å²) in [5, 5.41) is 7.48. The van der Waals surface area contributed by atoms with E-state index in [4.69, 9.17) is 16.3 Å². The third-order valence-electron chi connectivity index (χ3n) is 2.92. The first-order chi connectivity index (χ1) is 10.5. The van der Waals surface area contributed by atoms with E-state index in [1.165, 1.54) is 18.4 Å². The fourth-order valence-corrected chi connectivity index (χ4v) is 2.55. The van der Waals surface area contributed by atoms with Gasteiger partial charge in [-0.15, -0.1) is 11.3 Å². The summed E-state index contributed by atoms with van der Waals surface area (Å²) in [4.78, 5) is 24.6.